The molecule has 0 aliphatic rings. The molecule has 11 rings (SSSR count). The lowest BCUT2D eigenvalue weighted by molar-refractivity contribution is 0.669. The summed E-state index contributed by atoms with van der Waals surface area (Å²) in [6.07, 6.45) is 0. The van der Waals surface area contributed by atoms with Gasteiger partial charge >= 0.3 is 0 Å². The van der Waals surface area contributed by atoms with Crippen molar-refractivity contribution in [3.8, 4) is 32.8 Å². The Morgan fingerprint density at radius 1 is 0.418 bits per heavy atom. The summed E-state index contributed by atoms with van der Waals surface area (Å²) in [5.41, 5.74) is 11.8. The monoisotopic (exact) mass is 720 g/mol. The van der Waals surface area contributed by atoms with Crippen molar-refractivity contribution in [2.75, 3.05) is 4.90 Å². The summed E-state index contributed by atoms with van der Waals surface area (Å²) in [7, 11) is 0. The van der Waals surface area contributed by atoms with Crippen molar-refractivity contribution < 1.29 is 4.42 Å². The van der Waals surface area contributed by atoms with E-state index in [0.29, 0.717) is 0 Å². The molecule has 55 heavy (non-hydrogen) atoms. The molecule has 0 aliphatic heterocycles. The minimum absolute atomic E-state index is 0.875. The highest BCUT2D eigenvalue weighted by atomic mass is 32.1. The van der Waals surface area contributed by atoms with E-state index in [-0.39, 0.29) is 0 Å². The van der Waals surface area contributed by atoms with Crippen molar-refractivity contribution in [2.45, 2.75) is 0 Å². The summed E-state index contributed by atoms with van der Waals surface area (Å²) in [6.45, 7) is 0. The third-order valence-electron chi connectivity index (χ3n) is 10.7. The van der Waals surface area contributed by atoms with Gasteiger partial charge in [-0.3, -0.25) is 0 Å². The molecule has 0 aliphatic carbocycles. The van der Waals surface area contributed by atoms with Crippen LogP contribution >= 0.6 is 11.3 Å². The van der Waals surface area contributed by atoms with E-state index in [0.717, 1.165) is 70.9 Å². The van der Waals surface area contributed by atoms with Crippen LogP contribution in [0, 0.1) is 0 Å². The number of hydrogen-bond acceptors (Lipinski definition) is 4. The molecule has 2 aromatic heterocycles. The lowest BCUT2D eigenvalue weighted by atomic mass is 9.98. The maximum atomic E-state index is 6.50. The number of benzene rings is 9. The molecule has 0 saturated heterocycles. The highest BCUT2D eigenvalue weighted by molar-refractivity contribution is 7.21. The van der Waals surface area contributed by atoms with Crippen molar-refractivity contribution in [1.29, 1.82) is 0 Å². The van der Waals surface area contributed by atoms with Gasteiger partial charge in [-0.1, -0.05) is 140 Å². The van der Waals surface area contributed by atoms with Crippen LogP contribution in [0.3, 0.4) is 0 Å². The van der Waals surface area contributed by atoms with Gasteiger partial charge in [-0.25, -0.2) is 4.98 Å². The Bertz CT molecular complexity index is 3200. The highest BCUT2D eigenvalue weighted by Gasteiger charge is 2.18. The summed E-state index contributed by atoms with van der Waals surface area (Å²) in [6, 6.07) is 69.3. The molecule has 11 aromatic rings. The Kier molecular flexibility index (Phi) is 7.35. The number of hydrogen-bond donors (Lipinski definition) is 0. The Balaban J connectivity index is 1.04. The summed E-state index contributed by atoms with van der Waals surface area (Å²) < 4.78 is 7.62. The zero-order valence-electron chi connectivity index (χ0n) is 29.7. The highest BCUT2D eigenvalue weighted by Crippen LogP contribution is 2.43. The third kappa shape index (κ3) is 5.46. The Morgan fingerprint density at radius 3 is 1.93 bits per heavy atom. The molecular weight excluding hydrogens is 689 g/mol. The van der Waals surface area contributed by atoms with E-state index in [1.807, 2.05) is 6.07 Å². The van der Waals surface area contributed by atoms with E-state index in [1.54, 1.807) is 11.3 Å². The zero-order chi connectivity index (χ0) is 36.3. The minimum atomic E-state index is 0.875. The first kappa shape index (κ1) is 31.5. The smallest absolute Gasteiger partial charge is 0.137 e. The van der Waals surface area contributed by atoms with Crippen molar-refractivity contribution in [3.05, 3.63) is 194 Å². The van der Waals surface area contributed by atoms with Crippen LogP contribution in [0.4, 0.5) is 17.1 Å². The first-order chi connectivity index (χ1) is 27.2. The van der Waals surface area contributed by atoms with Gasteiger partial charge < -0.3 is 9.32 Å². The van der Waals surface area contributed by atoms with Gasteiger partial charge in [0.2, 0.25) is 0 Å². The number of aromatic nitrogens is 1. The number of anilines is 3. The molecule has 0 N–H and O–H groups in total. The predicted molar refractivity (Wildman–Crippen MR) is 233 cm³/mol. The fraction of sp³-hybridized carbons (Fsp3) is 0. The fourth-order valence-corrected chi connectivity index (χ4v) is 9.00. The van der Waals surface area contributed by atoms with E-state index in [9.17, 15) is 0 Å². The molecule has 0 atom stereocenters. The minimum Gasteiger partial charge on any atom is -0.456 e. The largest absolute Gasteiger partial charge is 0.456 e. The molecule has 0 unspecified atom stereocenters. The molecule has 4 heteroatoms. The van der Waals surface area contributed by atoms with Crippen molar-refractivity contribution in [1.82, 2.24) is 4.98 Å². The van der Waals surface area contributed by atoms with Crippen LogP contribution in [0.5, 0.6) is 0 Å². The summed E-state index contributed by atoms with van der Waals surface area (Å²) in [5.74, 6) is 0. The van der Waals surface area contributed by atoms with E-state index in [4.69, 9.17) is 9.40 Å². The van der Waals surface area contributed by atoms with Crippen LogP contribution in [0.25, 0.3) is 86.5 Å². The van der Waals surface area contributed by atoms with Crippen LogP contribution in [-0.2, 0) is 0 Å². The van der Waals surface area contributed by atoms with Crippen LogP contribution in [0.2, 0.25) is 0 Å². The molecule has 0 saturated carbocycles. The predicted octanol–water partition coefficient (Wildman–Crippen LogP) is 15.0. The van der Waals surface area contributed by atoms with E-state index >= 15 is 0 Å². The van der Waals surface area contributed by atoms with Gasteiger partial charge in [-0.2, -0.15) is 0 Å². The first-order valence-corrected chi connectivity index (χ1v) is 19.3. The standard InChI is InChI=1S/C51H32N2OS/c1-3-11-33(12-4-1)38-16-9-17-40(29-38)53(41-28-25-36-22-21-34-13-7-8-18-42(34)44(36)30-41)39-26-23-35(24-27-39)43-19-10-20-47-50(43)45-31-46-49(32-48(45)54-47)55-51(52-46)37-14-5-2-6-15-37/h1-32H. The summed E-state index contributed by atoms with van der Waals surface area (Å²) >= 11 is 1.70. The van der Waals surface area contributed by atoms with Crippen molar-refractivity contribution >= 4 is 82.1 Å². The second-order valence-corrected chi connectivity index (χ2v) is 15.0. The first-order valence-electron chi connectivity index (χ1n) is 18.5. The van der Waals surface area contributed by atoms with E-state index < -0.39 is 0 Å². The second-order valence-electron chi connectivity index (χ2n) is 14.0. The average molecular weight is 721 g/mol. The van der Waals surface area contributed by atoms with Gasteiger partial charge in [0.25, 0.3) is 0 Å². The topological polar surface area (TPSA) is 29.3 Å². The lowest BCUT2D eigenvalue weighted by Crippen LogP contribution is -2.10. The van der Waals surface area contributed by atoms with Gasteiger partial charge in [-0.15, -0.1) is 11.3 Å². The number of rotatable bonds is 6. The molecular formula is C51H32N2OS. The van der Waals surface area contributed by atoms with Gasteiger partial charge in [0.15, 0.2) is 0 Å². The van der Waals surface area contributed by atoms with E-state index in [2.05, 4.69) is 193 Å². The molecule has 0 fully saturated rings. The molecule has 0 spiro atoms. The zero-order valence-corrected chi connectivity index (χ0v) is 30.5. The summed E-state index contributed by atoms with van der Waals surface area (Å²) in [4.78, 5) is 7.41. The third-order valence-corrected chi connectivity index (χ3v) is 11.7. The number of thiazole rings is 1. The van der Waals surface area contributed by atoms with Gasteiger partial charge in [0.05, 0.1) is 10.2 Å². The fourth-order valence-electron chi connectivity index (χ4n) is 8.01. The Morgan fingerprint density at radius 2 is 1.09 bits per heavy atom. The van der Waals surface area contributed by atoms with Crippen LogP contribution in [0.1, 0.15) is 0 Å². The normalized spacial score (nSPS) is 11.6. The van der Waals surface area contributed by atoms with Crippen molar-refractivity contribution in [3.63, 3.8) is 0 Å². The molecule has 9 aromatic carbocycles. The maximum absolute atomic E-state index is 6.50. The molecule has 2 heterocycles. The lowest BCUT2D eigenvalue weighted by Gasteiger charge is -2.27. The maximum Gasteiger partial charge on any atom is 0.137 e. The van der Waals surface area contributed by atoms with Crippen molar-refractivity contribution in [2.24, 2.45) is 0 Å². The summed E-state index contributed by atoms with van der Waals surface area (Å²) in [5, 5.41) is 8.15. The number of fused-ring (bicyclic) bond motifs is 7. The van der Waals surface area contributed by atoms with Crippen LogP contribution < -0.4 is 4.90 Å². The second kappa shape index (κ2) is 12.8. The Hall–Kier alpha value is -7.01. The van der Waals surface area contributed by atoms with Crippen LogP contribution in [0.15, 0.2) is 199 Å². The SMILES string of the molecule is c1ccc(-c2cccc(N(c3ccc(-c4cccc5oc6cc7sc(-c8ccccc8)nc7cc6c45)cc3)c3ccc4ccc5ccccc5c4c3)c2)cc1. The van der Waals surface area contributed by atoms with Gasteiger partial charge in [-0.05, 0) is 92.3 Å². The molecule has 0 bridgehead atoms. The van der Waals surface area contributed by atoms with Gasteiger partial charge in [0, 0.05) is 39.5 Å². The number of furan rings is 1. The molecule has 3 nitrogen and oxygen atoms in total. The molecule has 0 radical (unpaired) electrons. The van der Waals surface area contributed by atoms with Gasteiger partial charge in [0.1, 0.15) is 16.2 Å². The average Bonchev–Trinajstić information content (AvgIpc) is 3.84. The number of nitrogens with zero attached hydrogens (tertiary/aromatic N) is 2. The quantitative estimate of drug-likeness (QED) is 0.160. The Labute approximate surface area is 322 Å². The molecule has 258 valence electrons. The van der Waals surface area contributed by atoms with Crippen LogP contribution in [-0.4, -0.2) is 4.98 Å². The van der Waals surface area contributed by atoms with E-state index in [1.165, 1.54) is 32.7 Å². The molecule has 0 amide bonds.